The van der Waals surface area contributed by atoms with Crippen molar-refractivity contribution in [3.8, 4) is 0 Å². The van der Waals surface area contributed by atoms with Gasteiger partial charge in [0, 0.05) is 30.1 Å². The van der Waals surface area contributed by atoms with Crippen LogP contribution in [0.1, 0.15) is 24.0 Å². The number of aromatic nitrogens is 1. The number of allylic oxidation sites excluding steroid dienone is 1. The van der Waals surface area contributed by atoms with Crippen molar-refractivity contribution >= 4 is 17.0 Å². The maximum atomic E-state index is 2.27. The Balaban J connectivity index is 1.93. The first-order chi connectivity index (χ1) is 9.75. The predicted octanol–water partition coefficient (Wildman–Crippen LogP) is 5.00. The van der Waals surface area contributed by atoms with E-state index in [2.05, 4.69) is 85.4 Å². The number of hydrogen-bond donors (Lipinski definition) is 0. The first kappa shape index (κ1) is 12.7. The summed E-state index contributed by atoms with van der Waals surface area (Å²) in [5, 5.41) is 1.35. The van der Waals surface area contributed by atoms with Gasteiger partial charge in [-0.1, -0.05) is 67.6 Å². The number of fused-ring (bicyclic) bond motifs is 1. The number of rotatable bonds is 3. The first-order valence-corrected chi connectivity index (χ1v) is 7.03. The second-order valence-electron chi connectivity index (χ2n) is 5.27. The zero-order valence-corrected chi connectivity index (χ0v) is 12.0. The van der Waals surface area contributed by atoms with E-state index in [9.17, 15) is 0 Å². The molecule has 1 nitrogen and oxygen atoms in total. The molecular weight excluding hydrogens is 242 g/mol. The Bertz CT molecular complexity index is 735. The third kappa shape index (κ3) is 2.39. The Morgan fingerprint density at radius 1 is 0.950 bits per heavy atom. The van der Waals surface area contributed by atoms with Crippen molar-refractivity contribution in [1.82, 2.24) is 4.57 Å². The van der Waals surface area contributed by atoms with Crippen LogP contribution in [0.2, 0.25) is 0 Å². The molecule has 3 rings (SSSR count). The van der Waals surface area contributed by atoms with Crippen molar-refractivity contribution in [1.29, 1.82) is 0 Å². The monoisotopic (exact) mass is 261 g/mol. The van der Waals surface area contributed by atoms with Crippen molar-refractivity contribution in [3.63, 3.8) is 0 Å². The topological polar surface area (TPSA) is 4.93 Å². The summed E-state index contributed by atoms with van der Waals surface area (Å²) >= 11 is 0. The normalized spacial score (nSPS) is 13.1. The van der Waals surface area contributed by atoms with Gasteiger partial charge in [-0.05, 0) is 17.2 Å². The Morgan fingerprint density at radius 3 is 2.45 bits per heavy atom. The summed E-state index contributed by atoms with van der Waals surface area (Å²) in [7, 11) is 2.11. The van der Waals surface area contributed by atoms with Crippen LogP contribution < -0.4 is 0 Å². The van der Waals surface area contributed by atoms with E-state index in [0.717, 1.165) is 0 Å². The van der Waals surface area contributed by atoms with Crippen molar-refractivity contribution in [3.05, 3.63) is 78.0 Å². The number of benzene rings is 2. The van der Waals surface area contributed by atoms with Crippen LogP contribution in [-0.4, -0.2) is 4.57 Å². The molecule has 0 amide bonds. The zero-order chi connectivity index (χ0) is 13.9. The standard InChI is InChI=1S/C19H19N/c1-15(12-13-16-8-4-3-5-9-16)18-14-20(2)19-11-7-6-10-17(18)19/h3-15H,1-2H3/b13-12+/t15-/m0/s1. The Kier molecular flexibility index (Phi) is 3.42. The van der Waals surface area contributed by atoms with Crippen LogP contribution >= 0.6 is 0 Å². The maximum Gasteiger partial charge on any atom is 0.0480 e. The van der Waals surface area contributed by atoms with Gasteiger partial charge in [-0.15, -0.1) is 0 Å². The Morgan fingerprint density at radius 2 is 1.65 bits per heavy atom. The molecular formula is C19H19N. The molecule has 0 fully saturated rings. The molecule has 0 aliphatic carbocycles. The fraction of sp³-hybridized carbons (Fsp3) is 0.158. The van der Waals surface area contributed by atoms with Gasteiger partial charge in [0.25, 0.3) is 0 Å². The zero-order valence-electron chi connectivity index (χ0n) is 12.0. The Hall–Kier alpha value is -2.28. The van der Waals surface area contributed by atoms with Gasteiger partial charge in [0.2, 0.25) is 0 Å². The number of nitrogens with zero attached hydrogens (tertiary/aromatic N) is 1. The fourth-order valence-corrected chi connectivity index (χ4v) is 2.66. The van der Waals surface area contributed by atoms with Crippen LogP contribution in [0, 0.1) is 0 Å². The van der Waals surface area contributed by atoms with Gasteiger partial charge in [0.15, 0.2) is 0 Å². The minimum absolute atomic E-state index is 0.404. The van der Waals surface area contributed by atoms with E-state index in [-0.39, 0.29) is 0 Å². The number of aryl methyl sites for hydroxylation is 1. The molecule has 100 valence electrons. The lowest BCUT2D eigenvalue weighted by Crippen LogP contribution is -1.87. The van der Waals surface area contributed by atoms with Gasteiger partial charge >= 0.3 is 0 Å². The van der Waals surface area contributed by atoms with E-state index >= 15 is 0 Å². The summed E-state index contributed by atoms with van der Waals surface area (Å²) < 4.78 is 2.21. The Labute approximate surface area is 120 Å². The minimum Gasteiger partial charge on any atom is -0.350 e. The van der Waals surface area contributed by atoms with Gasteiger partial charge in [-0.2, -0.15) is 0 Å². The summed E-state index contributed by atoms with van der Waals surface area (Å²) in [6, 6.07) is 19.0. The van der Waals surface area contributed by atoms with Gasteiger partial charge in [0.05, 0.1) is 0 Å². The van der Waals surface area contributed by atoms with E-state index in [1.165, 1.54) is 22.0 Å². The largest absolute Gasteiger partial charge is 0.350 e. The second-order valence-corrected chi connectivity index (χ2v) is 5.27. The van der Waals surface area contributed by atoms with Crippen LogP contribution in [0.4, 0.5) is 0 Å². The van der Waals surface area contributed by atoms with Gasteiger partial charge in [-0.25, -0.2) is 0 Å². The van der Waals surface area contributed by atoms with Gasteiger partial charge in [-0.3, -0.25) is 0 Å². The summed E-state index contributed by atoms with van der Waals surface area (Å²) in [5.74, 6) is 0.404. The van der Waals surface area contributed by atoms with Gasteiger partial charge < -0.3 is 4.57 Å². The van der Waals surface area contributed by atoms with Crippen LogP contribution in [0.3, 0.4) is 0 Å². The highest BCUT2D eigenvalue weighted by atomic mass is 14.9. The van der Waals surface area contributed by atoms with Gasteiger partial charge in [0.1, 0.15) is 0 Å². The second kappa shape index (κ2) is 5.38. The van der Waals surface area contributed by atoms with Crippen molar-refractivity contribution in [2.75, 3.05) is 0 Å². The molecule has 0 saturated heterocycles. The number of hydrogen-bond acceptors (Lipinski definition) is 0. The molecule has 2 aromatic carbocycles. The molecule has 1 aromatic heterocycles. The number of para-hydroxylation sites is 1. The summed E-state index contributed by atoms with van der Waals surface area (Å²) in [4.78, 5) is 0. The van der Waals surface area contributed by atoms with Crippen molar-refractivity contribution in [2.24, 2.45) is 7.05 Å². The van der Waals surface area contributed by atoms with Crippen LogP contribution in [-0.2, 0) is 7.05 Å². The average molecular weight is 261 g/mol. The third-order valence-electron chi connectivity index (χ3n) is 3.80. The highest BCUT2D eigenvalue weighted by molar-refractivity contribution is 5.84. The highest BCUT2D eigenvalue weighted by Crippen LogP contribution is 2.28. The molecule has 0 unspecified atom stereocenters. The predicted molar refractivity (Wildman–Crippen MR) is 86.8 cm³/mol. The molecule has 0 bridgehead atoms. The van der Waals surface area contributed by atoms with Crippen LogP contribution in [0.25, 0.3) is 17.0 Å². The molecule has 1 heterocycles. The molecule has 0 saturated carbocycles. The average Bonchev–Trinajstić information content (AvgIpc) is 2.84. The minimum atomic E-state index is 0.404. The quantitative estimate of drug-likeness (QED) is 0.625. The molecule has 20 heavy (non-hydrogen) atoms. The lowest BCUT2D eigenvalue weighted by atomic mass is 9.99. The summed E-state index contributed by atoms with van der Waals surface area (Å²) in [6.45, 7) is 2.25. The first-order valence-electron chi connectivity index (χ1n) is 7.03. The van der Waals surface area contributed by atoms with Crippen molar-refractivity contribution < 1.29 is 0 Å². The summed E-state index contributed by atoms with van der Waals surface area (Å²) in [5.41, 5.74) is 3.93. The lowest BCUT2D eigenvalue weighted by molar-refractivity contribution is 0.924. The molecule has 1 atom stereocenters. The molecule has 0 radical (unpaired) electrons. The van der Waals surface area contributed by atoms with Crippen LogP contribution in [0.5, 0.6) is 0 Å². The molecule has 1 heteroatoms. The fourth-order valence-electron chi connectivity index (χ4n) is 2.66. The van der Waals surface area contributed by atoms with E-state index in [0.29, 0.717) is 5.92 Å². The molecule has 0 spiro atoms. The van der Waals surface area contributed by atoms with E-state index in [1.807, 2.05) is 6.07 Å². The highest BCUT2D eigenvalue weighted by Gasteiger charge is 2.10. The molecule has 0 N–H and O–H groups in total. The smallest absolute Gasteiger partial charge is 0.0480 e. The third-order valence-corrected chi connectivity index (χ3v) is 3.80. The van der Waals surface area contributed by atoms with E-state index in [4.69, 9.17) is 0 Å². The maximum absolute atomic E-state index is 2.27. The van der Waals surface area contributed by atoms with Crippen LogP contribution in [0.15, 0.2) is 66.9 Å². The lowest BCUT2D eigenvalue weighted by Gasteiger charge is -2.04. The van der Waals surface area contributed by atoms with E-state index in [1.54, 1.807) is 0 Å². The SMILES string of the molecule is C[C@@H](/C=C/c1ccccc1)c1cn(C)c2ccccc12. The van der Waals surface area contributed by atoms with E-state index < -0.39 is 0 Å². The summed E-state index contributed by atoms with van der Waals surface area (Å²) in [6.07, 6.45) is 6.72. The van der Waals surface area contributed by atoms with Crippen molar-refractivity contribution in [2.45, 2.75) is 12.8 Å². The molecule has 3 aromatic rings. The molecule has 0 aliphatic rings. The molecule has 0 aliphatic heterocycles.